The number of carbonyl (C=O) groups is 3. The summed E-state index contributed by atoms with van der Waals surface area (Å²) in [7, 11) is 1.54. The molecule has 9 nitrogen and oxygen atoms in total. The Morgan fingerprint density at radius 3 is 2.49 bits per heavy atom. The summed E-state index contributed by atoms with van der Waals surface area (Å²) in [5.41, 5.74) is 2.95. The van der Waals surface area contributed by atoms with Gasteiger partial charge in [-0.25, -0.2) is 4.39 Å². The number of methoxy groups -OCH3 is 1. The molecule has 2 N–H and O–H groups in total. The van der Waals surface area contributed by atoms with Crippen molar-refractivity contribution in [2.45, 2.75) is 29.5 Å². The number of thiazole rings is 1. The van der Waals surface area contributed by atoms with Gasteiger partial charge in [-0.15, -0.1) is 11.8 Å². The number of nitrogens with one attached hydrogen (secondary N) is 2. The Morgan fingerprint density at radius 1 is 1.00 bits per heavy atom. The third-order valence-corrected chi connectivity index (χ3v) is 12.7. The highest BCUT2D eigenvalue weighted by Gasteiger charge is 2.69. The molecule has 0 spiro atoms. The van der Waals surface area contributed by atoms with Gasteiger partial charge in [0.25, 0.3) is 5.91 Å². The fourth-order valence-electron chi connectivity index (χ4n) is 8.27. The van der Waals surface area contributed by atoms with Gasteiger partial charge in [0.1, 0.15) is 5.82 Å². The number of H-pyrrole nitrogens is 1. The first-order valence-corrected chi connectivity index (χ1v) is 17.1. The van der Waals surface area contributed by atoms with Gasteiger partial charge in [0.15, 0.2) is 18.1 Å². The summed E-state index contributed by atoms with van der Waals surface area (Å²) in [6, 6.07) is 18.6. The molecule has 2 aliphatic carbocycles. The number of halogens is 1. The van der Waals surface area contributed by atoms with Crippen molar-refractivity contribution in [2.75, 3.05) is 23.9 Å². The van der Waals surface area contributed by atoms with Crippen LogP contribution < -0.4 is 24.6 Å². The Bertz CT molecular complexity index is 1990. The minimum atomic E-state index is -0.476. The van der Waals surface area contributed by atoms with E-state index in [1.165, 1.54) is 47.6 Å². The second kappa shape index (κ2) is 11.4. The normalized spacial score (nSPS) is 27.0. The molecule has 1 saturated heterocycles. The number of hydrogen-bond acceptors (Lipinski definition) is 8. The van der Waals surface area contributed by atoms with E-state index >= 15 is 0 Å². The largest absolute Gasteiger partial charge is 0.493 e. The molecule has 3 heterocycles. The maximum atomic E-state index is 13.9. The lowest BCUT2D eigenvalue weighted by atomic mass is 9.68. The third-order valence-electron chi connectivity index (χ3n) is 10.1. The summed E-state index contributed by atoms with van der Waals surface area (Å²) in [4.78, 5) is 58.1. The van der Waals surface area contributed by atoms with Crippen LogP contribution in [-0.4, -0.2) is 41.7 Å². The highest BCUT2D eigenvalue weighted by Crippen LogP contribution is 2.68. The monoisotopic (exact) mass is 671 g/mol. The number of thioether (sulfide) groups is 1. The van der Waals surface area contributed by atoms with E-state index in [2.05, 4.69) is 10.3 Å². The Labute approximate surface area is 277 Å². The summed E-state index contributed by atoms with van der Waals surface area (Å²) in [6.07, 6.45) is 0.746. The number of para-hydroxylation sites is 1. The molecule has 3 fully saturated rings. The van der Waals surface area contributed by atoms with E-state index in [1.807, 2.05) is 43.3 Å². The molecular weight excluding hydrogens is 642 g/mol. The first kappa shape index (κ1) is 29.9. The molecule has 12 heteroatoms. The number of benzene rings is 3. The van der Waals surface area contributed by atoms with Crippen molar-refractivity contribution >= 4 is 52.2 Å². The van der Waals surface area contributed by atoms with Gasteiger partial charge in [-0.1, -0.05) is 35.6 Å². The molecule has 1 aromatic heterocycles. The number of fused-ring (bicyclic) bond motifs is 9. The molecular formula is C35H30FN3O6S2. The Kier molecular flexibility index (Phi) is 7.25. The standard InChI is InChI=1S/C35H30FN3O6S2/c1-16-5-3-4-6-22(16)37-25(40)15-45-23-12-7-17(13-24(23)44-2)26-27-20-14-21(30(27)46-32-31(26)47-35(43)38-32)29-28(20)33(41)39(34(29)42)19-10-8-18(36)9-11-19/h3-13,20-21,26-30H,14-15H2,1-2H3,(H,37,40)(H,38,43)/t20-,21-,26-,27?,28?,29?,30?/m1/s1. The average molecular weight is 672 g/mol. The maximum absolute atomic E-state index is 13.9. The molecule has 0 radical (unpaired) electrons. The molecule has 4 aliphatic rings. The average Bonchev–Trinajstić information content (AvgIpc) is 3.80. The smallest absolute Gasteiger partial charge is 0.305 e. The summed E-state index contributed by atoms with van der Waals surface area (Å²) < 4.78 is 25.3. The van der Waals surface area contributed by atoms with Crippen molar-refractivity contribution in [1.29, 1.82) is 0 Å². The summed E-state index contributed by atoms with van der Waals surface area (Å²) in [5.74, 6) is -1.63. The first-order valence-electron chi connectivity index (χ1n) is 15.4. The van der Waals surface area contributed by atoms with Crippen molar-refractivity contribution in [2.24, 2.45) is 29.6 Å². The van der Waals surface area contributed by atoms with Crippen molar-refractivity contribution in [3.05, 3.63) is 98.2 Å². The summed E-state index contributed by atoms with van der Waals surface area (Å²) in [6.45, 7) is 1.70. The van der Waals surface area contributed by atoms with E-state index in [1.54, 1.807) is 17.8 Å². The number of anilines is 2. The molecule has 3 amide bonds. The van der Waals surface area contributed by atoms with Gasteiger partial charge in [-0.05, 0) is 84.7 Å². The van der Waals surface area contributed by atoms with Gasteiger partial charge < -0.3 is 19.8 Å². The Morgan fingerprint density at radius 2 is 1.74 bits per heavy atom. The fraction of sp³-hybridized carbons (Fsp3) is 0.314. The molecule has 240 valence electrons. The first-order chi connectivity index (χ1) is 22.7. The zero-order valence-electron chi connectivity index (χ0n) is 25.4. The molecule has 2 aliphatic heterocycles. The number of nitrogens with zero attached hydrogens (tertiary/aromatic N) is 1. The molecule has 4 unspecified atom stereocenters. The number of aryl methyl sites for hydroxylation is 1. The van der Waals surface area contributed by atoms with E-state index < -0.39 is 17.7 Å². The molecule has 3 aromatic carbocycles. The van der Waals surface area contributed by atoms with Crippen LogP contribution in [0.15, 0.2) is 76.6 Å². The quantitative estimate of drug-likeness (QED) is 0.246. The second-order valence-corrected chi connectivity index (χ2v) is 14.7. The molecule has 8 rings (SSSR count). The lowest BCUT2D eigenvalue weighted by Gasteiger charge is -2.43. The van der Waals surface area contributed by atoms with E-state index in [-0.39, 0.29) is 58.1 Å². The van der Waals surface area contributed by atoms with Gasteiger partial charge in [0.2, 0.25) is 11.8 Å². The van der Waals surface area contributed by atoms with Gasteiger partial charge in [-0.3, -0.25) is 24.1 Å². The summed E-state index contributed by atoms with van der Waals surface area (Å²) in [5, 5.41) is 3.68. The van der Waals surface area contributed by atoms with Crippen LogP contribution in [0.5, 0.6) is 11.5 Å². The van der Waals surface area contributed by atoms with E-state index in [9.17, 15) is 23.6 Å². The van der Waals surface area contributed by atoms with E-state index in [0.717, 1.165) is 27.5 Å². The van der Waals surface area contributed by atoms with Crippen LogP contribution in [0.4, 0.5) is 15.8 Å². The number of imide groups is 1. The van der Waals surface area contributed by atoms with E-state index in [0.29, 0.717) is 22.9 Å². The van der Waals surface area contributed by atoms with Crippen LogP contribution in [0.1, 0.15) is 28.3 Å². The molecule has 7 atom stereocenters. The Hall–Kier alpha value is -4.42. The van der Waals surface area contributed by atoms with Crippen LogP contribution >= 0.6 is 23.1 Å². The van der Waals surface area contributed by atoms with Crippen molar-refractivity contribution in [1.82, 2.24) is 4.98 Å². The van der Waals surface area contributed by atoms with Gasteiger partial charge in [0, 0.05) is 21.7 Å². The fourth-order valence-corrected chi connectivity index (χ4v) is 11.2. The number of hydrogen-bond donors (Lipinski definition) is 2. The van der Waals surface area contributed by atoms with Crippen LogP contribution in [0.2, 0.25) is 0 Å². The van der Waals surface area contributed by atoms with Gasteiger partial charge in [-0.2, -0.15) is 0 Å². The number of rotatable bonds is 7. The molecule has 2 saturated carbocycles. The number of amides is 3. The van der Waals surface area contributed by atoms with Gasteiger partial charge >= 0.3 is 4.87 Å². The minimum Gasteiger partial charge on any atom is -0.493 e. The highest BCUT2D eigenvalue weighted by atomic mass is 32.2. The SMILES string of the molecule is COc1cc([C@H]2c3sc(=O)[nH]c3SC3C2[C@H]2C[C@@H]3C3C(=O)N(c4ccc(F)cc4)C(=O)C32)ccc1OCC(=O)Nc1ccccc1C. The number of ether oxygens (including phenoxy) is 2. The minimum absolute atomic E-state index is 0.00789. The summed E-state index contributed by atoms with van der Waals surface area (Å²) >= 11 is 2.78. The van der Waals surface area contributed by atoms with E-state index in [4.69, 9.17) is 9.47 Å². The second-order valence-electron chi connectivity index (χ2n) is 12.5. The zero-order chi connectivity index (χ0) is 32.6. The van der Waals surface area contributed by atoms with Crippen LogP contribution in [0, 0.1) is 42.3 Å². The van der Waals surface area contributed by atoms with Crippen LogP contribution in [0.25, 0.3) is 0 Å². The lowest BCUT2D eigenvalue weighted by molar-refractivity contribution is -0.123. The third kappa shape index (κ3) is 4.79. The maximum Gasteiger partial charge on any atom is 0.305 e. The molecule has 4 aromatic rings. The number of aromatic amines is 1. The zero-order valence-corrected chi connectivity index (χ0v) is 27.0. The van der Waals surface area contributed by atoms with Crippen molar-refractivity contribution < 1.29 is 28.2 Å². The highest BCUT2D eigenvalue weighted by molar-refractivity contribution is 8.00. The van der Waals surface area contributed by atoms with Gasteiger partial charge in [0.05, 0.1) is 29.7 Å². The number of aromatic nitrogens is 1. The molecule has 2 bridgehead atoms. The number of carbonyl (C=O) groups excluding carboxylic acids is 3. The Balaban J connectivity index is 1.09. The lowest BCUT2D eigenvalue weighted by Crippen LogP contribution is -2.42. The predicted molar refractivity (Wildman–Crippen MR) is 176 cm³/mol. The van der Waals surface area contributed by atoms with Crippen molar-refractivity contribution in [3.63, 3.8) is 0 Å². The predicted octanol–water partition coefficient (Wildman–Crippen LogP) is 5.59. The van der Waals surface area contributed by atoms with Crippen molar-refractivity contribution in [3.8, 4) is 11.5 Å². The van der Waals surface area contributed by atoms with Crippen LogP contribution in [-0.2, 0) is 14.4 Å². The topological polar surface area (TPSA) is 118 Å². The molecule has 47 heavy (non-hydrogen) atoms. The van der Waals surface area contributed by atoms with Crippen LogP contribution in [0.3, 0.4) is 0 Å².